The first kappa shape index (κ1) is 21.7. The van der Waals surface area contributed by atoms with E-state index in [2.05, 4.69) is 17.4 Å². The standard InChI is InChI=1S/C19H30N2O3.ClH/c1-4-9-18(2,20)17(22)21-14-19(10-12-24-13-11-19)15-5-7-16(23-3)8-6-15;/h5-8H,4,9-14,20H2,1-3H3,(H,21,22);1H. The highest BCUT2D eigenvalue weighted by Gasteiger charge is 2.36. The van der Waals surface area contributed by atoms with Crippen LogP contribution in [0.5, 0.6) is 5.75 Å². The van der Waals surface area contributed by atoms with Gasteiger partial charge < -0.3 is 20.5 Å². The minimum atomic E-state index is -0.818. The SMILES string of the molecule is CCCC(C)(N)C(=O)NCC1(c2ccc(OC)cc2)CCOCC1.Cl. The van der Waals surface area contributed by atoms with Gasteiger partial charge in [-0.05, 0) is 43.9 Å². The summed E-state index contributed by atoms with van der Waals surface area (Å²) in [4.78, 5) is 12.5. The second-order valence-corrected chi connectivity index (χ2v) is 6.97. The fraction of sp³-hybridized carbons (Fsp3) is 0.632. The van der Waals surface area contributed by atoms with Crippen LogP contribution < -0.4 is 15.8 Å². The summed E-state index contributed by atoms with van der Waals surface area (Å²) in [5.74, 6) is 0.756. The average molecular weight is 371 g/mol. The molecule has 142 valence electrons. The Morgan fingerprint density at radius 1 is 1.32 bits per heavy atom. The minimum absolute atomic E-state index is 0. The Kier molecular flexibility index (Phi) is 8.19. The fourth-order valence-corrected chi connectivity index (χ4v) is 3.36. The molecule has 3 N–H and O–H groups in total. The monoisotopic (exact) mass is 370 g/mol. The fourth-order valence-electron chi connectivity index (χ4n) is 3.36. The molecule has 1 heterocycles. The highest BCUT2D eigenvalue weighted by molar-refractivity contribution is 5.85. The van der Waals surface area contributed by atoms with Crippen molar-refractivity contribution >= 4 is 18.3 Å². The Bertz CT molecular complexity index is 540. The number of halogens is 1. The summed E-state index contributed by atoms with van der Waals surface area (Å²) in [6.07, 6.45) is 3.33. The van der Waals surface area contributed by atoms with E-state index < -0.39 is 5.54 Å². The van der Waals surface area contributed by atoms with Crippen LogP contribution in [0.3, 0.4) is 0 Å². The minimum Gasteiger partial charge on any atom is -0.497 e. The average Bonchev–Trinajstić information content (AvgIpc) is 2.60. The third-order valence-corrected chi connectivity index (χ3v) is 5.03. The Labute approximate surface area is 157 Å². The Hall–Kier alpha value is -1.30. The van der Waals surface area contributed by atoms with Gasteiger partial charge in [0.05, 0.1) is 12.6 Å². The molecule has 5 nitrogen and oxygen atoms in total. The van der Waals surface area contributed by atoms with Gasteiger partial charge in [0, 0.05) is 25.2 Å². The molecule has 1 saturated heterocycles. The van der Waals surface area contributed by atoms with Crippen LogP contribution in [0.4, 0.5) is 0 Å². The summed E-state index contributed by atoms with van der Waals surface area (Å²) < 4.78 is 10.8. The van der Waals surface area contributed by atoms with E-state index in [4.69, 9.17) is 15.2 Å². The van der Waals surface area contributed by atoms with Crippen LogP contribution in [0.15, 0.2) is 24.3 Å². The quantitative estimate of drug-likeness (QED) is 0.774. The van der Waals surface area contributed by atoms with Crippen LogP contribution in [0, 0.1) is 0 Å². The Balaban J connectivity index is 0.00000312. The molecule has 0 radical (unpaired) electrons. The number of methoxy groups -OCH3 is 1. The van der Waals surface area contributed by atoms with E-state index >= 15 is 0 Å². The summed E-state index contributed by atoms with van der Waals surface area (Å²) in [7, 11) is 1.66. The molecule has 1 fully saturated rings. The van der Waals surface area contributed by atoms with E-state index in [0.717, 1.165) is 25.0 Å². The maximum atomic E-state index is 12.5. The van der Waals surface area contributed by atoms with Gasteiger partial charge in [0.15, 0.2) is 0 Å². The van der Waals surface area contributed by atoms with E-state index in [1.165, 1.54) is 5.56 Å². The molecule has 0 bridgehead atoms. The van der Waals surface area contributed by atoms with Crippen molar-refractivity contribution in [3.8, 4) is 5.75 Å². The lowest BCUT2D eigenvalue weighted by atomic mass is 9.74. The van der Waals surface area contributed by atoms with Crippen molar-refractivity contribution in [3.05, 3.63) is 29.8 Å². The van der Waals surface area contributed by atoms with Gasteiger partial charge in [0.1, 0.15) is 5.75 Å². The zero-order valence-corrected chi connectivity index (χ0v) is 16.3. The molecule has 6 heteroatoms. The summed E-state index contributed by atoms with van der Waals surface area (Å²) in [6.45, 7) is 5.83. The molecule has 1 aliphatic rings. The second-order valence-electron chi connectivity index (χ2n) is 6.97. The molecule has 0 saturated carbocycles. The first-order valence-corrected chi connectivity index (χ1v) is 8.73. The summed E-state index contributed by atoms with van der Waals surface area (Å²) >= 11 is 0. The predicted octanol–water partition coefficient (Wildman–Crippen LogP) is 2.80. The molecule has 0 spiro atoms. The van der Waals surface area contributed by atoms with E-state index in [-0.39, 0.29) is 23.7 Å². The number of carbonyl (C=O) groups is 1. The zero-order chi connectivity index (χ0) is 17.6. The third-order valence-electron chi connectivity index (χ3n) is 5.03. The topological polar surface area (TPSA) is 73.6 Å². The Morgan fingerprint density at radius 2 is 1.92 bits per heavy atom. The molecular formula is C19H31ClN2O3. The lowest BCUT2D eigenvalue weighted by molar-refractivity contribution is -0.126. The number of hydrogen-bond acceptors (Lipinski definition) is 4. The first-order valence-electron chi connectivity index (χ1n) is 8.73. The summed E-state index contributed by atoms with van der Waals surface area (Å²) in [5.41, 5.74) is 6.44. The maximum absolute atomic E-state index is 12.5. The predicted molar refractivity (Wildman–Crippen MR) is 102 cm³/mol. The lowest BCUT2D eigenvalue weighted by Crippen LogP contribution is -2.55. The van der Waals surface area contributed by atoms with Crippen LogP contribution >= 0.6 is 12.4 Å². The lowest BCUT2D eigenvalue weighted by Gasteiger charge is -2.38. The van der Waals surface area contributed by atoms with Crippen molar-refractivity contribution in [1.29, 1.82) is 0 Å². The van der Waals surface area contributed by atoms with Gasteiger partial charge in [-0.1, -0.05) is 25.5 Å². The molecule has 1 aromatic carbocycles. The van der Waals surface area contributed by atoms with Crippen molar-refractivity contribution in [1.82, 2.24) is 5.32 Å². The molecule has 2 rings (SSSR count). The van der Waals surface area contributed by atoms with E-state index in [9.17, 15) is 4.79 Å². The number of nitrogens with one attached hydrogen (secondary N) is 1. The molecule has 1 amide bonds. The van der Waals surface area contributed by atoms with E-state index in [1.54, 1.807) is 14.0 Å². The van der Waals surface area contributed by atoms with Gasteiger partial charge in [-0.2, -0.15) is 0 Å². The van der Waals surface area contributed by atoms with Gasteiger partial charge in [-0.25, -0.2) is 0 Å². The molecule has 1 unspecified atom stereocenters. The molecule has 0 aromatic heterocycles. The van der Waals surface area contributed by atoms with E-state index in [0.29, 0.717) is 26.2 Å². The van der Waals surface area contributed by atoms with Gasteiger partial charge in [0.2, 0.25) is 5.91 Å². The first-order chi connectivity index (χ1) is 11.4. The smallest absolute Gasteiger partial charge is 0.239 e. The number of amides is 1. The van der Waals surface area contributed by atoms with E-state index in [1.807, 2.05) is 19.1 Å². The highest BCUT2D eigenvalue weighted by atomic mass is 35.5. The second kappa shape index (κ2) is 9.41. The van der Waals surface area contributed by atoms with Crippen molar-refractivity contribution < 1.29 is 14.3 Å². The number of ether oxygens (including phenoxy) is 2. The molecule has 1 aromatic rings. The molecule has 1 atom stereocenters. The largest absolute Gasteiger partial charge is 0.497 e. The van der Waals surface area contributed by atoms with Gasteiger partial charge in [-0.15, -0.1) is 12.4 Å². The van der Waals surface area contributed by atoms with Crippen LogP contribution in [0.25, 0.3) is 0 Å². The summed E-state index contributed by atoms with van der Waals surface area (Å²) in [6, 6.07) is 8.12. The number of carbonyl (C=O) groups excluding carboxylic acids is 1. The van der Waals surface area contributed by atoms with Gasteiger partial charge >= 0.3 is 0 Å². The third kappa shape index (κ3) is 5.33. The number of rotatable bonds is 7. The Morgan fingerprint density at radius 3 is 2.44 bits per heavy atom. The number of hydrogen-bond donors (Lipinski definition) is 2. The summed E-state index contributed by atoms with van der Waals surface area (Å²) in [5, 5.41) is 3.09. The van der Waals surface area contributed by atoms with Gasteiger partial charge in [-0.3, -0.25) is 4.79 Å². The number of nitrogens with two attached hydrogens (primary N) is 1. The normalized spacial score (nSPS) is 18.6. The van der Waals surface area contributed by atoms with Crippen molar-refractivity contribution in [2.24, 2.45) is 5.73 Å². The maximum Gasteiger partial charge on any atom is 0.239 e. The highest BCUT2D eigenvalue weighted by Crippen LogP contribution is 2.35. The van der Waals surface area contributed by atoms with Crippen LogP contribution in [-0.4, -0.2) is 38.3 Å². The van der Waals surface area contributed by atoms with Crippen LogP contribution in [0.2, 0.25) is 0 Å². The number of benzene rings is 1. The molecule has 1 aliphatic heterocycles. The van der Waals surface area contributed by atoms with Crippen LogP contribution in [0.1, 0.15) is 45.1 Å². The zero-order valence-electron chi connectivity index (χ0n) is 15.5. The van der Waals surface area contributed by atoms with Crippen LogP contribution in [-0.2, 0) is 14.9 Å². The molecular weight excluding hydrogens is 340 g/mol. The molecule has 25 heavy (non-hydrogen) atoms. The van der Waals surface area contributed by atoms with Crippen molar-refractivity contribution in [2.75, 3.05) is 26.9 Å². The van der Waals surface area contributed by atoms with Crippen molar-refractivity contribution in [2.45, 2.75) is 50.5 Å². The van der Waals surface area contributed by atoms with Gasteiger partial charge in [0.25, 0.3) is 0 Å². The molecule has 0 aliphatic carbocycles. The van der Waals surface area contributed by atoms with Crippen molar-refractivity contribution in [3.63, 3.8) is 0 Å².